The highest BCUT2D eigenvalue weighted by atomic mass is 32.1. The van der Waals surface area contributed by atoms with Crippen LogP contribution in [0.2, 0.25) is 0 Å². The van der Waals surface area contributed by atoms with Gasteiger partial charge in [0.2, 0.25) is 11.9 Å². The van der Waals surface area contributed by atoms with Crippen LogP contribution in [-0.4, -0.2) is 65.6 Å². The SMILES string of the molecule is CNC(=O)[C@H]1C[C@H]2C[C@H](C2(C)C)[C@@]1(C)Nc1nc(Nc2ccc(N3CCN(C4CCCCC4)CC3)cc2)nc2ccsc12. The van der Waals surface area contributed by atoms with Crippen LogP contribution in [-0.2, 0) is 4.79 Å². The zero-order valence-corrected chi connectivity index (χ0v) is 27.0. The maximum Gasteiger partial charge on any atom is 0.229 e. The van der Waals surface area contributed by atoms with Gasteiger partial charge >= 0.3 is 0 Å². The summed E-state index contributed by atoms with van der Waals surface area (Å²) in [6, 6.07) is 11.6. The van der Waals surface area contributed by atoms with E-state index in [4.69, 9.17) is 9.97 Å². The standard InChI is InChI=1S/C34H47N7OS/c1-33(2)22-20-26(31(42)35-4)34(3,28(33)21-22)39-30-29-27(14-19-43-29)37-32(38-30)36-23-10-12-25(13-11-23)41-17-15-40(16-18-41)24-8-6-5-7-9-24/h10-14,19,22,24,26,28H,5-9,15-18,20-21H2,1-4H3,(H,35,42)(H2,36,37,38,39)/t22-,26+,28+,34-/m0/s1. The number of carbonyl (C=O) groups is 1. The molecule has 230 valence electrons. The zero-order valence-electron chi connectivity index (χ0n) is 26.2. The van der Waals surface area contributed by atoms with Crippen LogP contribution in [0.25, 0.3) is 10.2 Å². The van der Waals surface area contributed by atoms with Crippen LogP contribution in [0.15, 0.2) is 35.7 Å². The lowest BCUT2D eigenvalue weighted by Gasteiger charge is -2.66. The Bertz CT molecular complexity index is 1460. The second-order valence-corrected chi connectivity index (χ2v) is 15.1. The van der Waals surface area contributed by atoms with Crippen LogP contribution in [0.4, 0.5) is 23.1 Å². The van der Waals surface area contributed by atoms with E-state index in [1.165, 1.54) is 37.8 Å². The highest BCUT2D eigenvalue weighted by Crippen LogP contribution is 2.65. The first kappa shape index (κ1) is 28.8. The van der Waals surface area contributed by atoms with Gasteiger partial charge in [-0.1, -0.05) is 33.1 Å². The van der Waals surface area contributed by atoms with Crippen molar-refractivity contribution in [2.75, 3.05) is 48.8 Å². The van der Waals surface area contributed by atoms with Gasteiger partial charge in [-0.25, -0.2) is 4.98 Å². The van der Waals surface area contributed by atoms with Gasteiger partial charge in [0.05, 0.1) is 21.7 Å². The number of thiophene rings is 1. The van der Waals surface area contributed by atoms with Crippen molar-refractivity contribution >= 4 is 50.6 Å². The maximum atomic E-state index is 13.1. The molecule has 1 saturated heterocycles. The molecule has 9 heteroatoms. The number of nitrogens with one attached hydrogen (secondary N) is 3. The van der Waals surface area contributed by atoms with Crippen molar-refractivity contribution in [2.45, 2.75) is 77.3 Å². The number of nitrogens with zero attached hydrogens (tertiary/aromatic N) is 4. The van der Waals surface area contributed by atoms with Gasteiger partial charge in [0, 0.05) is 50.6 Å². The fraction of sp³-hybridized carbons (Fsp3) is 0.618. The van der Waals surface area contributed by atoms with Gasteiger partial charge < -0.3 is 20.9 Å². The molecular formula is C34H47N7OS. The second-order valence-electron chi connectivity index (χ2n) is 14.1. The number of hydrogen-bond acceptors (Lipinski definition) is 8. The number of benzene rings is 1. The molecule has 8 nitrogen and oxygen atoms in total. The van der Waals surface area contributed by atoms with Crippen molar-refractivity contribution in [3.05, 3.63) is 35.7 Å². The van der Waals surface area contributed by atoms with Crippen molar-refractivity contribution in [2.24, 2.45) is 23.2 Å². The van der Waals surface area contributed by atoms with E-state index in [9.17, 15) is 4.79 Å². The smallest absolute Gasteiger partial charge is 0.229 e. The number of carbonyl (C=O) groups excluding carboxylic acids is 1. The van der Waals surface area contributed by atoms with Gasteiger partial charge in [-0.05, 0) is 85.6 Å². The van der Waals surface area contributed by atoms with Gasteiger partial charge in [-0.2, -0.15) is 4.98 Å². The van der Waals surface area contributed by atoms with Crippen LogP contribution in [0.3, 0.4) is 0 Å². The molecule has 2 aromatic heterocycles. The molecule has 43 heavy (non-hydrogen) atoms. The molecule has 5 fully saturated rings. The molecule has 4 atom stereocenters. The summed E-state index contributed by atoms with van der Waals surface area (Å²) in [5.74, 6) is 2.37. The Hall–Kier alpha value is -2.91. The van der Waals surface area contributed by atoms with E-state index in [0.717, 1.165) is 66.8 Å². The van der Waals surface area contributed by atoms with E-state index in [1.807, 2.05) is 0 Å². The molecular weight excluding hydrogens is 554 g/mol. The molecule has 5 aliphatic rings. The number of hydrogen-bond donors (Lipinski definition) is 3. The summed E-state index contributed by atoms with van der Waals surface area (Å²) in [5.41, 5.74) is 2.96. The lowest BCUT2D eigenvalue weighted by atomic mass is 9.40. The third kappa shape index (κ3) is 5.16. The predicted octanol–water partition coefficient (Wildman–Crippen LogP) is 6.49. The lowest BCUT2D eigenvalue weighted by Crippen LogP contribution is -2.69. The summed E-state index contributed by atoms with van der Waals surface area (Å²) in [4.78, 5) is 28.2. The Kier molecular flexibility index (Phi) is 7.53. The van der Waals surface area contributed by atoms with Crippen LogP contribution in [0, 0.1) is 23.2 Å². The Balaban J connectivity index is 1.07. The molecule has 0 unspecified atom stereocenters. The highest BCUT2D eigenvalue weighted by molar-refractivity contribution is 7.17. The third-order valence-electron chi connectivity index (χ3n) is 11.6. The summed E-state index contributed by atoms with van der Waals surface area (Å²) >= 11 is 1.65. The van der Waals surface area contributed by atoms with Gasteiger partial charge in [-0.15, -0.1) is 11.3 Å². The average molecular weight is 602 g/mol. The summed E-state index contributed by atoms with van der Waals surface area (Å²) < 4.78 is 1.03. The van der Waals surface area contributed by atoms with Crippen LogP contribution >= 0.6 is 11.3 Å². The quantitative estimate of drug-likeness (QED) is 0.286. The Labute approximate surface area is 260 Å². The summed E-state index contributed by atoms with van der Waals surface area (Å²) in [7, 11) is 1.75. The predicted molar refractivity (Wildman–Crippen MR) is 177 cm³/mol. The van der Waals surface area contributed by atoms with Crippen molar-refractivity contribution < 1.29 is 4.79 Å². The molecule has 3 aromatic rings. The van der Waals surface area contributed by atoms with E-state index >= 15 is 0 Å². The number of rotatable bonds is 7. The topological polar surface area (TPSA) is 85.4 Å². The number of piperazine rings is 1. The van der Waals surface area contributed by atoms with E-state index in [0.29, 0.717) is 17.8 Å². The van der Waals surface area contributed by atoms with Crippen LogP contribution in [0.1, 0.15) is 65.7 Å². The monoisotopic (exact) mass is 601 g/mol. The minimum atomic E-state index is -0.399. The molecule has 1 amide bonds. The average Bonchev–Trinajstić information content (AvgIpc) is 3.50. The van der Waals surface area contributed by atoms with E-state index in [1.54, 1.807) is 18.4 Å². The highest BCUT2D eigenvalue weighted by Gasteiger charge is 2.64. The molecule has 1 aromatic carbocycles. The Morgan fingerprint density at radius 1 is 0.953 bits per heavy atom. The molecule has 3 N–H and O–H groups in total. The molecule has 4 aliphatic carbocycles. The first-order valence-electron chi connectivity index (χ1n) is 16.4. The number of amides is 1. The molecule has 0 spiro atoms. The molecule has 8 rings (SSSR count). The fourth-order valence-corrected chi connectivity index (χ4v) is 9.64. The second kappa shape index (κ2) is 11.2. The van der Waals surface area contributed by atoms with Crippen molar-refractivity contribution in [3.63, 3.8) is 0 Å². The fourth-order valence-electron chi connectivity index (χ4n) is 8.87. The first-order chi connectivity index (χ1) is 20.8. The summed E-state index contributed by atoms with van der Waals surface area (Å²) in [6.07, 6.45) is 9.02. The minimum Gasteiger partial charge on any atom is -0.369 e. The normalized spacial score (nSPS) is 29.2. The molecule has 2 bridgehead atoms. The minimum absolute atomic E-state index is 0.104. The van der Waals surface area contributed by atoms with E-state index < -0.39 is 5.54 Å². The molecule has 4 saturated carbocycles. The number of fused-ring (bicyclic) bond motifs is 3. The Morgan fingerprint density at radius 3 is 2.40 bits per heavy atom. The van der Waals surface area contributed by atoms with Crippen molar-refractivity contribution in [1.29, 1.82) is 0 Å². The first-order valence-corrected chi connectivity index (χ1v) is 17.3. The Morgan fingerprint density at radius 2 is 1.70 bits per heavy atom. The van der Waals surface area contributed by atoms with Gasteiger partial charge in [0.15, 0.2) is 0 Å². The lowest BCUT2D eigenvalue weighted by molar-refractivity contribution is -0.155. The van der Waals surface area contributed by atoms with Crippen molar-refractivity contribution in [3.8, 4) is 0 Å². The maximum absolute atomic E-state index is 13.1. The van der Waals surface area contributed by atoms with Crippen molar-refractivity contribution in [1.82, 2.24) is 20.2 Å². The number of anilines is 4. The van der Waals surface area contributed by atoms with E-state index in [-0.39, 0.29) is 17.2 Å². The zero-order chi connectivity index (χ0) is 29.8. The largest absolute Gasteiger partial charge is 0.369 e. The van der Waals surface area contributed by atoms with Gasteiger partial charge in [0.25, 0.3) is 0 Å². The summed E-state index contributed by atoms with van der Waals surface area (Å²) in [5, 5.41) is 12.3. The molecule has 1 aliphatic heterocycles. The van der Waals surface area contributed by atoms with Crippen LogP contribution in [0.5, 0.6) is 0 Å². The molecule has 0 radical (unpaired) electrons. The third-order valence-corrected chi connectivity index (χ3v) is 12.5. The summed E-state index contributed by atoms with van der Waals surface area (Å²) in [6.45, 7) is 11.5. The van der Waals surface area contributed by atoms with Crippen LogP contribution < -0.4 is 20.9 Å². The number of aromatic nitrogens is 2. The van der Waals surface area contributed by atoms with Gasteiger partial charge in [0.1, 0.15) is 5.82 Å². The molecule has 3 heterocycles. The van der Waals surface area contributed by atoms with Gasteiger partial charge in [-0.3, -0.25) is 9.69 Å². The van der Waals surface area contributed by atoms with E-state index in [2.05, 4.69) is 82.2 Å².